The van der Waals surface area contributed by atoms with E-state index >= 15 is 0 Å². The fourth-order valence-electron chi connectivity index (χ4n) is 3.02. The van der Waals surface area contributed by atoms with Gasteiger partial charge in [0.25, 0.3) is 0 Å². The highest BCUT2D eigenvalue weighted by atomic mass is 16.5. The van der Waals surface area contributed by atoms with Crippen molar-refractivity contribution in [3.8, 4) is 0 Å². The van der Waals surface area contributed by atoms with Crippen LogP contribution in [0.5, 0.6) is 0 Å². The molecule has 1 aliphatic heterocycles. The minimum atomic E-state index is 0.202. The van der Waals surface area contributed by atoms with E-state index in [1.807, 2.05) is 23.1 Å². The maximum atomic E-state index is 12.6. The van der Waals surface area contributed by atoms with Gasteiger partial charge in [0, 0.05) is 44.0 Å². The molecule has 0 unspecified atom stereocenters. The molecule has 0 saturated carbocycles. The normalized spacial score (nSPS) is 18.2. The average Bonchev–Trinajstić information content (AvgIpc) is 2.87. The molecule has 126 valence electrons. The Balaban J connectivity index is 1.54. The summed E-state index contributed by atoms with van der Waals surface area (Å²) in [5.74, 6) is 0.471. The van der Waals surface area contributed by atoms with Gasteiger partial charge in [-0.2, -0.15) is 0 Å². The molecule has 0 radical (unpaired) electrons. The SMILES string of the molecule is O=C(CCc1ccccc1)N1CCOC[C@H](Cc2cnccn2)C1. The van der Waals surface area contributed by atoms with E-state index in [1.54, 1.807) is 18.6 Å². The Morgan fingerprint density at radius 1 is 1.25 bits per heavy atom. The lowest BCUT2D eigenvalue weighted by Crippen LogP contribution is -2.36. The Labute approximate surface area is 142 Å². The molecule has 0 bridgehead atoms. The van der Waals surface area contributed by atoms with Crippen LogP contribution in [0.2, 0.25) is 0 Å². The zero-order valence-corrected chi connectivity index (χ0v) is 13.8. The van der Waals surface area contributed by atoms with Crippen LogP contribution in [0.25, 0.3) is 0 Å². The summed E-state index contributed by atoms with van der Waals surface area (Å²) in [4.78, 5) is 22.9. The number of hydrogen-bond acceptors (Lipinski definition) is 4. The lowest BCUT2D eigenvalue weighted by atomic mass is 10.0. The second-order valence-corrected chi connectivity index (χ2v) is 6.17. The van der Waals surface area contributed by atoms with Crippen molar-refractivity contribution in [1.82, 2.24) is 14.9 Å². The number of benzene rings is 1. The van der Waals surface area contributed by atoms with Crippen LogP contribution in [0, 0.1) is 5.92 Å². The van der Waals surface area contributed by atoms with Crippen LogP contribution in [0.1, 0.15) is 17.7 Å². The Morgan fingerprint density at radius 3 is 2.92 bits per heavy atom. The predicted molar refractivity (Wildman–Crippen MR) is 91.4 cm³/mol. The molecule has 1 aromatic heterocycles. The minimum absolute atomic E-state index is 0.202. The molecule has 1 aromatic carbocycles. The van der Waals surface area contributed by atoms with E-state index in [4.69, 9.17) is 4.74 Å². The monoisotopic (exact) mass is 325 g/mol. The summed E-state index contributed by atoms with van der Waals surface area (Å²) in [5, 5.41) is 0. The molecule has 5 nitrogen and oxygen atoms in total. The predicted octanol–water partition coefficient (Wildman–Crippen LogP) is 2.13. The van der Waals surface area contributed by atoms with Crippen LogP contribution >= 0.6 is 0 Å². The smallest absolute Gasteiger partial charge is 0.222 e. The first-order chi connectivity index (χ1) is 11.8. The number of ether oxygens (including phenoxy) is 1. The number of carbonyl (C=O) groups excluding carboxylic acids is 1. The Hall–Kier alpha value is -2.27. The number of aryl methyl sites for hydroxylation is 1. The molecule has 1 atom stereocenters. The Morgan fingerprint density at radius 2 is 2.12 bits per heavy atom. The molecular weight excluding hydrogens is 302 g/mol. The van der Waals surface area contributed by atoms with Crippen molar-refractivity contribution in [1.29, 1.82) is 0 Å². The number of nitrogens with zero attached hydrogens (tertiary/aromatic N) is 3. The van der Waals surface area contributed by atoms with E-state index in [0.29, 0.717) is 26.2 Å². The fourth-order valence-corrected chi connectivity index (χ4v) is 3.02. The summed E-state index contributed by atoms with van der Waals surface area (Å²) in [5.41, 5.74) is 2.15. The number of carbonyl (C=O) groups is 1. The molecule has 1 aliphatic rings. The molecule has 1 fully saturated rings. The lowest BCUT2D eigenvalue weighted by molar-refractivity contribution is -0.131. The quantitative estimate of drug-likeness (QED) is 0.845. The standard InChI is InChI=1S/C19H23N3O2/c23-19(7-6-16-4-2-1-3-5-16)22-10-11-24-15-17(14-22)12-18-13-20-8-9-21-18/h1-5,8-9,13,17H,6-7,10-12,14-15H2/t17-/m1/s1. The summed E-state index contributed by atoms with van der Waals surface area (Å²) >= 11 is 0. The molecule has 1 amide bonds. The average molecular weight is 325 g/mol. The maximum Gasteiger partial charge on any atom is 0.222 e. The van der Waals surface area contributed by atoms with E-state index in [0.717, 1.165) is 25.1 Å². The molecule has 0 spiro atoms. The molecule has 24 heavy (non-hydrogen) atoms. The Kier molecular flexibility index (Phi) is 5.90. The van der Waals surface area contributed by atoms with Crippen LogP contribution < -0.4 is 0 Å². The second-order valence-electron chi connectivity index (χ2n) is 6.17. The fraction of sp³-hybridized carbons (Fsp3) is 0.421. The summed E-state index contributed by atoms with van der Waals surface area (Å²) in [6, 6.07) is 10.1. The molecule has 0 N–H and O–H groups in total. The zero-order valence-electron chi connectivity index (χ0n) is 13.8. The van der Waals surface area contributed by atoms with Gasteiger partial charge in [0.05, 0.1) is 18.9 Å². The van der Waals surface area contributed by atoms with E-state index < -0.39 is 0 Å². The summed E-state index contributed by atoms with van der Waals surface area (Å²) < 4.78 is 5.68. The van der Waals surface area contributed by atoms with Crippen LogP contribution in [-0.2, 0) is 22.4 Å². The number of amides is 1. The summed E-state index contributed by atoms with van der Waals surface area (Å²) in [6.45, 7) is 2.67. The van der Waals surface area contributed by atoms with Gasteiger partial charge in [-0.3, -0.25) is 14.8 Å². The van der Waals surface area contributed by atoms with Crippen molar-refractivity contribution in [2.75, 3.05) is 26.3 Å². The van der Waals surface area contributed by atoms with Crippen molar-refractivity contribution in [2.24, 2.45) is 5.92 Å². The number of aromatic nitrogens is 2. The largest absolute Gasteiger partial charge is 0.379 e. The van der Waals surface area contributed by atoms with Crippen LogP contribution in [-0.4, -0.2) is 47.1 Å². The van der Waals surface area contributed by atoms with Gasteiger partial charge < -0.3 is 9.64 Å². The number of hydrogen-bond donors (Lipinski definition) is 0. The van der Waals surface area contributed by atoms with Gasteiger partial charge in [0.15, 0.2) is 0 Å². The maximum absolute atomic E-state index is 12.6. The third-order valence-electron chi connectivity index (χ3n) is 4.28. The van der Waals surface area contributed by atoms with Gasteiger partial charge >= 0.3 is 0 Å². The topological polar surface area (TPSA) is 55.3 Å². The van der Waals surface area contributed by atoms with E-state index in [9.17, 15) is 4.79 Å². The molecule has 3 rings (SSSR count). The minimum Gasteiger partial charge on any atom is -0.379 e. The van der Waals surface area contributed by atoms with Crippen molar-refractivity contribution < 1.29 is 9.53 Å². The van der Waals surface area contributed by atoms with E-state index in [2.05, 4.69) is 22.1 Å². The summed E-state index contributed by atoms with van der Waals surface area (Å²) in [6.07, 6.45) is 7.28. The van der Waals surface area contributed by atoms with Crippen molar-refractivity contribution in [3.05, 3.63) is 60.2 Å². The Bertz CT molecular complexity index is 634. The molecule has 2 heterocycles. The van der Waals surface area contributed by atoms with Gasteiger partial charge in [0.2, 0.25) is 5.91 Å². The van der Waals surface area contributed by atoms with Crippen LogP contribution in [0.3, 0.4) is 0 Å². The molecule has 1 saturated heterocycles. The second kappa shape index (κ2) is 8.55. The van der Waals surface area contributed by atoms with Crippen molar-refractivity contribution in [3.63, 3.8) is 0 Å². The molecule has 5 heteroatoms. The van der Waals surface area contributed by atoms with Crippen molar-refractivity contribution in [2.45, 2.75) is 19.3 Å². The van der Waals surface area contributed by atoms with Crippen LogP contribution in [0.4, 0.5) is 0 Å². The number of rotatable bonds is 5. The van der Waals surface area contributed by atoms with Gasteiger partial charge in [-0.1, -0.05) is 30.3 Å². The van der Waals surface area contributed by atoms with Gasteiger partial charge in [-0.25, -0.2) is 0 Å². The lowest BCUT2D eigenvalue weighted by Gasteiger charge is -2.23. The first-order valence-electron chi connectivity index (χ1n) is 8.45. The van der Waals surface area contributed by atoms with Gasteiger partial charge in [0.1, 0.15) is 0 Å². The highest BCUT2D eigenvalue weighted by Gasteiger charge is 2.22. The van der Waals surface area contributed by atoms with Gasteiger partial charge in [-0.05, 0) is 18.4 Å². The molecular formula is C19H23N3O2. The molecule has 0 aliphatic carbocycles. The van der Waals surface area contributed by atoms with E-state index in [-0.39, 0.29) is 11.8 Å². The summed E-state index contributed by atoms with van der Waals surface area (Å²) in [7, 11) is 0. The zero-order chi connectivity index (χ0) is 16.6. The highest BCUT2D eigenvalue weighted by molar-refractivity contribution is 5.76. The first-order valence-corrected chi connectivity index (χ1v) is 8.45. The first kappa shape index (κ1) is 16.6. The van der Waals surface area contributed by atoms with Crippen LogP contribution in [0.15, 0.2) is 48.9 Å². The van der Waals surface area contributed by atoms with Crippen molar-refractivity contribution >= 4 is 5.91 Å². The third-order valence-corrected chi connectivity index (χ3v) is 4.28. The molecule has 2 aromatic rings. The third kappa shape index (κ3) is 4.86. The van der Waals surface area contributed by atoms with E-state index in [1.165, 1.54) is 5.56 Å². The van der Waals surface area contributed by atoms with Gasteiger partial charge in [-0.15, -0.1) is 0 Å². The highest BCUT2D eigenvalue weighted by Crippen LogP contribution is 2.14.